The summed E-state index contributed by atoms with van der Waals surface area (Å²) in [4.78, 5) is 35.8. The summed E-state index contributed by atoms with van der Waals surface area (Å²) >= 11 is 0. The maximum atomic E-state index is 14.1. The highest BCUT2D eigenvalue weighted by molar-refractivity contribution is 5.85. The van der Waals surface area contributed by atoms with Crippen LogP contribution in [-0.4, -0.2) is 49.8 Å². The first kappa shape index (κ1) is 22.1. The number of carbonyl (C=O) groups excluding carboxylic acids is 2. The summed E-state index contributed by atoms with van der Waals surface area (Å²) < 4.78 is 45.2. The topological polar surface area (TPSA) is 117 Å². The minimum atomic E-state index is -1.09. The van der Waals surface area contributed by atoms with Gasteiger partial charge in [-0.15, -0.1) is 6.42 Å². The van der Waals surface area contributed by atoms with Crippen molar-refractivity contribution in [1.82, 2.24) is 19.5 Å². The van der Waals surface area contributed by atoms with Crippen molar-refractivity contribution in [2.75, 3.05) is 5.32 Å². The zero-order valence-corrected chi connectivity index (χ0v) is 17.4. The largest absolute Gasteiger partial charge is 0.455 e. The number of nitrogens with zero attached hydrogens (tertiary/aromatic N) is 4. The van der Waals surface area contributed by atoms with Gasteiger partial charge in [0, 0.05) is 19.9 Å². The summed E-state index contributed by atoms with van der Waals surface area (Å²) in [6, 6.07) is 3.03. The summed E-state index contributed by atoms with van der Waals surface area (Å²) in [5.41, 5.74) is 0.430. The van der Waals surface area contributed by atoms with E-state index in [9.17, 15) is 18.4 Å². The van der Waals surface area contributed by atoms with Gasteiger partial charge in [-0.25, -0.2) is 23.7 Å². The average Bonchev–Trinajstić information content (AvgIpc) is 3.31. The molecule has 0 saturated carbocycles. The van der Waals surface area contributed by atoms with Crippen molar-refractivity contribution in [3.63, 3.8) is 0 Å². The van der Waals surface area contributed by atoms with Crippen molar-refractivity contribution in [2.24, 2.45) is 0 Å². The minimum absolute atomic E-state index is 0.0248. The fourth-order valence-corrected chi connectivity index (χ4v) is 3.48. The highest BCUT2D eigenvalue weighted by Crippen LogP contribution is 2.36. The number of hydrogen-bond acceptors (Lipinski definition) is 9. The molecule has 1 saturated heterocycles. The van der Waals surface area contributed by atoms with E-state index >= 15 is 0 Å². The van der Waals surface area contributed by atoms with E-state index in [1.54, 1.807) is 0 Å². The number of anilines is 2. The molecule has 1 fully saturated rings. The molecule has 4 rings (SSSR count). The number of terminal acetylenes is 1. The first-order valence-corrected chi connectivity index (χ1v) is 9.64. The smallest absolute Gasteiger partial charge is 0.303 e. The van der Waals surface area contributed by atoms with Gasteiger partial charge in [-0.2, -0.15) is 0 Å². The number of fused-ring (bicyclic) bond motifs is 1. The van der Waals surface area contributed by atoms with Gasteiger partial charge in [-0.05, 0) is 12.1 Å². The van der Waals surface area contributed by atoms with Crippen molar-refractivity contribution in [3.8, 4) is 12.3 Å². The van der Waals surface area contributed by atoms with Crippen molar-refractivity contribution in [2.45, 2.75) is 38.4 Å². The van der Waals surface area contributed by atoms with Crippen LogP contribution in [0.5, 0.6) is 0 Å². The van der Waals surface area contributed by atoms with Gasteiger partial charge in [0.2, 0.25) is 0 Å². The van der Waals surface area contributed by atoms with Crippen LogP contribution in [0.1, 0.15) is 20.1 Å². The average molecular weight is 457 g/mol. The van der Waals surface area contributed by atoms with E-state index in [4.69, 9.17) is 20.6 Å². The van der Waals surface area contributed by atoms with E-state index in [1.165, 1.54) is 37.1 Å². The standard InChI is InChI=1S/C21H17F2N5O5/c1-4-15-17(31-10(2)29)18(32-11(3)30)21(33-15)28-9-26-16-19(24-8-25-20(16)28)27-14-6-5-12(22)7-13(14)23/h1,5-9,15,17-18,21H,2-3H3,(H,24,25,27)/t15-,17+,18-,21-/m1/s1. The SMILES string of the molecule is C#C[C@H]1O[C@@H](n2cnc3c(Nc4ccc(F)cc4F)ncnc32)[C@H](OC(C)=O)[C@H]1OC(C)=O. The van der Waals surface area contributed by atoms with Crippen molar-refractivity contribution < 1.29 is 32.6 Å². The van der Waals surface area contributed by atoms with Crippen LogP contribution in [0.25, 0.3) is 11.2 Å². The van der Waals surface area contributed by atoms with Gasteiger partial charge in [-0.1, -0.05) is 5.92 Å². The monoisotopic (exact) mass is 457 g/mol. The lowest BCUT2D eigenvalue weighted by Crippen LogP contribution is -2.38. The molecule has 3 heterocycles. The zero-order valence-electron chi connectivity index (χ0n) is 17.4. The number of aromatic nitrogens is 4. The third-order valence-electron chi connectivity index (χ3n) is 4.77. The van der Waals surface area contributed by atoms with Crippen LogP contribution < -0.4 is 5.32 Å². The molecule has 0 amide bonds. The molecule has 1 aromatic carbocycles. The molecule has 0 spiro atoms. The van der Waals surface area contributed by atoms with Crippen LogP contribution in [0.3, 0.4) is 0 Å². The Morgan fingerprint density at radius 1 is 1.15 bits per heavy atom. The van der Waals surface area contributed by atoms with Crippen LogP contribution >= 0.6 is 0 Å². The summed E-state index contributed by atoms with van der Waals surface area (Å²) in [6.45, 7) is 2.39. The predicted octanol–water partition coefficient (Wildman–Crippen LogP) is 2.24. The zero-order chi connectivity index (χ0) is 23.7. The molecule has 0 radical (unpaired) electrons. The summed E-state index contributed by atoms with van der Waals surface area (Å²) in [7, 11) is 0. The molecular weight excluding hydrogens is 440 g/mol. The molecule has 1 aliphatic heterocycles. The lowest BCUT2D eigenvalue weighted by molar-refractivity contribution is -0.165. The van der Waals surface area contributed by atoms with Crippen molar-refractivity contribution >= 4 is 34.6 Å². The third-order valence-corrected chi connectivity index (χ3v) is 4.77. The lowest BCUT2D eigenvalue weighted by Gasteiger charge is -2.23. The molecule has 12 heteroatoms. The van der Waals surface area contributed by atoms with Crippen LogP contribution in [-0.2, 0) is 23.8 Å². The van der Waals surface area contributed by atoms with Gasteiger partial charge in [-0.3, -0.25) is 14.2 Å². The fourth-order valence-electron chi connectivity index (χ4n) is 3.48. The number of esters is 2. The summed E-state index contributed by atoms with van der Waals surface area (Å²) in [6.07, 6.45) is 3.87. The number of halogens is 2. The van der Waals surface area contributed by atoms with Crippen LogP contribution in [0.4, 0.5) is 20.3 Å². The number of nitrogens with one attached hydrogen (secondary N) is 1. The highest BCUT2D eigenvalue weighted by Gasteiger charge is 2.50. The third kappa shape index (κ3) is 4.31. The molecule has 1 aliphatic rings. The van der Waals surface area contributed by atoms with Gasteiger partial charge in [0.15, 0.2) is 41.5 Å². The predicted molar refractivity (Wildman–Crippen MR) is 109 cm³/mol. The molecule has 0 unspecified atom stereocenters. The summed E-state index contributed by atoms with van der Waals surface area (Å²) in [5, 5.41) is 2.75. The molecule has 33 heavy (non-hydrogen) atoms. The normalized spacial score (nSPS) is 22.0. The van der Waals surface area contributed by atoms with Gasteiger partial charge in [0.1, 0.15) is 18.0 Å². The number of imidazole rings is 1. The van der Waals surface area contributed by atoms with E-state index in [1.807, 2.05) is 0 Å². The van der Waals surface area contributed by atoms with E-state index < -0.39 is 48.1 Å². The summed E-state index contributed by atoms with van der Waals surface area (Å²) in [5.74, 6) is -0.312. The number of benzene rings is 1. The van der Waals surface area contributed by atoms with Gasteiger partial charge in [0.05, 0.1) is 12.0 Å². The maximum absolute atomic E-state index is 14.1. The van der Waals surface area contributed by atoms with Crippen LogP contribution in [0.15, 0.2) is 30.9 Å². The second kappa shape index (κ2) is 8.79. The first-order chi connectivity index (χ1) is 15.8. The maximum Gasteiger partial charge on any atom is 0.303 e. The number of carbonyl (C=O) groups is 2. The molecule has 0 bridgehead atoms. The molecule has 0 aliphatic carbocycles. The van der Waals surface area contributed by atoms with Gasteiger partial charge in [0.25, 0.3) is 0 Å². The van der Waals surface area contributed by atoms with Crippen molar-refractivity contribution in [1.29, 1.82) is 0 Å². The Morgan fingerprint density at radius 3 is 2.55 bits per heavy atom. The van der Waals surface area contributed by atoms with E-state index in [2.05, 4.69) is 26.2 Å². The minimum Gasteiger partial charge on any atom is -0.455 e. The van der Waals surface area contributed by atoms with E-state index in [0.717, 1.165) is 12.1 Å². The Hall–Kier alpha value is -4.11. The highest BCUT2D eigenvalue weighted by atomic mass is 19.1. The van der Waals surface area contributed by atoms with Crippen LogP contribution in [0.2, 0.25) is 0 Å². The molecule has 170 valence electrons. The Bertz CT molecular complexity index is 1270. The molecular formula is C21H17F2N5O5. The molecule has 10 nitrogen and oxygen atoms in total. The second-order valence-electron chi connectivity index (χ2n) is 7.06. The molecule has 2 aromatic heterocycles. The first-order valence-electron chi connectivity index (χ1n) is 9.64. The second-order valence-corrected chi connectivity index (χ2v) is 7.06. The Balaban J connectivity index is 1.73. The number of hydrogen-bond donors (Lipinski definition) is 1. The molecule has 3 aromatic rings. The fraction of sp³-hybridized carbons (Fsp3) is 0.286. The van der Waals surface area contributed by atoms with Crippen molar-refractivity contribution in [3.05, 3.63) is 42.5 Å². The molecule has 1 N–H and O–H groups in total. The quantitative estimate of drug-likeness (QED) is 0.455. The molecule has 4 atom stereocenters. The Kier molecular flexibility index (Phi) is 5.89. The van der Waals surface area contributed by atoms with E-state index in [-0.39, 0.29) is 22.7 Å². The van der Waals surface area contributed by atoms with Gasteiger partial charge >= 0.3 is 11.9 Å². The number of ether oxygens (including phenoxy) is 3. The number of rotatable bonds is 5. The van der Waals surface area contributed by atoms with Crippen LogP contribution in [0, 0.1) is 24.0 Å². The van der Waals surface area contributed by atoms with Gasteiger partial charge < -0.3 is 19.5 Å². The Morgan fingerprint density at radius 2 is 1.88 bits per heavy atom. The lowest BCUT2D eigenvalue weighted by atomic mass is 10.1. The van der Waals surface area contributed by atoms with E-state index in [0.29, 0.717) is 0 Å². The Labute approximate surface area is 185 Å².